The number of halogens is 1. The summed E-state index contributed by atoms with van der Waals surface area (Å²) in [5, 5.41) is 58.0. The number of rotatable bonds is 28. The molecule has 137 heavy (non-hydrogen) atoms. The Morgan fingerprint density at radius 3 is 1.25 bits per heavy atom. The Labute approximate surface area is 805 Å². The summed E-state index contributed by atoms with van der Waals surface area (Å²) in [6.07, 6.45) is -17.2. The molecule has 4 saturated carbocycles. The third-order valence-electron chi connectivity index (χ3n) is 31.6. The number of esters is 6. The average Bonchev–Trinajstić information content (AvgIpc) is 1.65. The SMILES string of the molecule is C=CC1O[C@@H]2C3=C(C)[C@@H](OC(=O)[C@H](O)[C@@H](NC(=O)OC(C)(C)C)c4ccccc4)C[C@@](O)([C@@H](OC(=O)c4ccccc4)[C@H]4[C@](C)([C@@H]2O1)[C@@H](O)CC1OC[C@]14OC(C)=O)C3(C)C.C=CC1O[C@@H]2C3=C(C)[C@@H](OC(=O)[C@H](O[Si](CC)(CC)CC)[C@@H](NC(=O)OC(C)(C)C)c4ccccc4)C[C@@](O)([C@@H](OC(=O)c4ccccc4)[C@H]4[C@@](C)([C@@H](O[Si](CC)(CC)CC)CC5OC[C@]54OC(C)=O)[C@@H]2O1)C3(C)C.F. The van der Waals surface area contributed by atoms with E-state index in [0.717, 1.165) is 18.1 Å². The minimum Gasteiger partial charge on any atom is -0.456 e. The standard InChI is InChI=1S/C58H85NO14Si2.C46H57NO14.FH/c1-16-43-67-46-44-36(8)40(66-52(62)47(73-75(20-5,21-6)22-7)45(38-29-25-23-26-30-38)59-53(63)71-54(10,11)12)34-58(64,55(44,13)14)50(69-51(61)39-31-27-24-28-32-39)48-56(15,49(46)68-43)41(72-74(17-2,18-3)19-4)33-42-57(48,35-65-42)70-37(9)60;1-10-31-57-35-32-24(2)28(56-40(52)34(50)33(26-17-13-11-14-18-26)47-41(53)61-42(4,5)6)22-46(54,43(32,7)8)38(59-39(51)27-19-15-12-16-20-27)36-44(9,37(35)58-31)29(49)21-30-45(36,23-55-30)60-25(3)48;/h16,23-32,40-43,45-50,64H,1,17-22,33-35H2,2-15H3,(H,59,63);10-20,28-31,33-38,49-50,54H,1,21-23H2,2-9H3,(H,47,53);1H/t40-,41-,42?,43?,45-,46+,47+,48-,49+,50-,56+,57-,58+;28-,29-,30?,31?,33-,34+,35+,36-,37+,38-,44+,45-,46+;/m00./s1. The number of carbonyl (C=O) groups is 8. The highest BCUT2D eigenvalue weighted by Gasteiger charge is 2.82. The van der Waals surface area contributed by atoms with Gasteiger partial charge in [0.2, 0.25) is 0 Å². The normalized spacial score (nSPS) is 33.4. The monoisotopic (exact) mass is 1940 g/mol. The van der Waals surface area contributed by atoms with E-state index in [1.807, 2.05) is 58.0 Å². The van der Waals surface area contributed by atoms with Crippen LogP contribution in [0, 0.1) is 33.5 Å². The fraction of sp³-hybridized carbons (Fsp3) is 0.615. The maximum atomic E-state index is 15.7. The van der Waals surface area contributed by atoms with Crippen LogP contribution in [0.3, 0.4) is 0 Å². The first-order valence-corrected chi connectivity index (χ1v) is 53.1. The minimum atomic E-state index is -2.70. The zero-order valence-corrected chi connectivity index (χ0v) is 85.1. The van der Waals surface area contributed by atoms with Gasteiger partial charge in [0.1, 0.15) is 71.2 Å². The highest BCUT2D eigenvalue weighted by molar-refractivity contribution is 6.74. The van der Waals surface area contributed by atoms with Crippen molar-refractivity contribution < 1.29 is 139 Å². The van der Waals surface area contributed by atoms with Crippen molar-refractivity contribution in [1.82, 2.24) is 10.6 Å². The van der Waals surface area contributed by atoms with Gasteiger partial charge >= 0.3 is 48.0 Å². The van der Waals surface area contributed by atoms with Crippen LogP contribution < -0.4 is 10.6 Å². The molecule has 4 aliphatic heterocycles. The molecule has 10 aliphatic rings. The molecule has 4 saturated heterocycles. The third-order valence-corrected chi connectivity index (χ3v) is 40.8. The number of nitrogens with one attached hydrogen (secondary N) is 2. The molecule has 6 aliphatic carbocycles. The van der Waals surface area contributed by atoms with E-state index < -0.39 is 248 Å². The fourth-order valence-electron chi connectivity index (χ4n) is 23.9. The molecule has 6 N–H and O–H groups in total. The smallest absolute Gasteiger partial charge is 0.408 e. The molecular weight excluding hydrogens is 1800 g/mol. The highest BCUT2D eigenvalue weighted by Crippen LogP contribution is 2.70. The summed E-state index contributed by atoms with van der Waals surface area (Å²) < 4.78 is 105. The van der Waals surface area contributed by atoms with E-state index in [-0.39, 0.29) is 41.9 Å². The zero-order valence-electron chi connectivity index (χ0n) is 83.1. The number of carbonyl (C=O) groups excluding carboxylic acids is 8. The molecule has 4 unspecified atom stereocenters. The second-order valence-corrected chi connectivity index (χ2v) is 51.3. The van der Waals surface area contributed by atoms with Crippen molar-refractivity contribution in [3.63, 3.8) is 0 Å². The molecule has 4 bridgehead atoms. The van der Waals surface area contributed by atoms with Crippen LogP contribution in [-0.2, 0) is 94.3 Å². The summed E-state index contributed by atoms with van der Waals surface area (Å²) in [5.74, 6) is -6.98. The van der Waals surface area contributed by atoms with Gasteiger partial charge in [0, 0.05) is 61.2 Å². The van der Waals surface area contributed by atoms with Gasteiger partial charge < -0.3 is 106 Å². The first kappa shape index (κ1) is 107. The summed E-state index contributed by atoms with van der Waals surface area (Å²) in [4.78, 5) is 113. The molecule has 14 rings (SSSR count). The molecule has 2 amide bonds. The van der Waals surface area contributed by atoms with E-state index in [4.69, 9.17) is 75.2 Å². The lowest BCUT2D eigenvalue weighted by Gasteiger charge is -2.69. The number of aliphatic hydroxyl groups excluding tert-OH is 2. The molecule has 8 fully saturated rings. The Morgan fingerprint density at radius 2 is 0.876 bits per heavy atom. The van der Waals surface area contributed by atoms with Gasteiger partial charge in [0.15, 0.2) is 52.6 Å². The quantitative estimate of drug-likeness (QED) is 0.0133. The number of hydrogen-bond donors (Lipinski definition) is 6. The van der Waals surface area contributed by atoms with Gasteiger partial charge in [-0.05, 0) is 161 Å². The number of ether oxygens (including phenoxy) is 14. The van der Waals surface area contributed by atoms with Crippen LogP contribution in [0.4, 0.5) is 14.3 Å². The van der Waals surface area contributed by atoms with E-state index in [9.17, 15) is 49.2 Å². The van der Waals surface area contributed by atoms with E-state index in [1.54, 1.807) is 166 Å². The van der Waals surface area contributed by atoms with Crippen LogP contribution >= 0.6 is 0 Å². The van der Waals surface area contributed by atoms with E-state index in [1.165, 1.54) is 19.9 Å². The summed E-state index contributed by atoms with van der Waals surface area (Å²) in [6, 6.07) is 36.3. The number of hydrogen-bond acceptors (Lipinski definition) is 28. The average molecular weight is 1940 g/mol. The Bertz CT molecular complexity index is 5100. The van der Waals surface area contributed by atoms with E-state index >= 15 is 9.59 Å². The van der Waals surface area contributed by atoms with Crippen LogP contribution in [0.2, 0.25) is 36.3 Å². The van der Waals surface area contributed by atoms with Gasteiger partial charge in [-0.2, -0.15) is 0 Å². The Morgan fingerprint density at radius 1 is 0.511 bits per heavy atom. The van der Waals surface area contributed by atoms with Gasteiger partial charge in [-0.1, -0.05) is 193 Å². The number of alkyl carbamates (subject to hydrolysis) is 2. The molecule has 33 heteroatoms. The fourth-order valence-corrected chi connectivity index (χ4v) is 29.6. The topological polar surface area (TPSA) is 389 Å². The van der Waals surface area contributed by atoms with Crippen LogP contribution in [0.15, 0.2) is 169 Å². The second-order valence-electron chi connectivity index (χ2n) is 41.9. The summed E-state index contributed by atoms with van der Waals surface area (Å²) in [7, 11) is -5.19. The Hall–Kier alpha value is -8.92. The van der Waals surface area contributed by atoms with E-state index in [2.05, 4.69) is 65.3 Å². The van der Waals surface area contributed by atoms with Crippen molar-refractivity contribution >= 4 is 64.6 Å². The molecule has 30 nitrogen and oxygen atoms in total. The molecule has 0 aromatic heterocycles. The van der Waals surface area contributed by atoms with Crippen molar-refractivity contribution in [2.24, 2.45) is 33.5 Å². The van der Waals surface area contributed by atoms with Gasteiger partial charge in [0.05, 0.1) is 72.7 Å². The lowest BCUT2D eigenvalue weighted by Crippen LogP contribution is -2.82. The highest BCUT2D eigenvalue weighted by atomic mass is 28.4. The Balaban J connectivity index is 0.000000249. The second kappa shape index (κ2) is 40.6. The maximum absolute atomic E-state index is 15.7. The number of aliphatic hydroxyl groups is 4. The number of benzene rings is 4. The third kappa shape index (κ3) is 19.5. The first-order chi connectivity index (χ1) is 63.9. The summed E-state index contributed by atoms with van der Waals surface area (Å²) >= 11 is 0. The molecule has 26 atom stereocenters. The largest absolute Gasteiger partial charge is 0.456 e. The lowest BCUT2D eigenvalue weighted by atomic mass is 9.44. The van der Waals surface area contributed by atoms with Gasteiger partial charge in [-0.3, -0.25) is 14.3 Å². The molecule has 0 radical (unpaired) electrons. The van der Waals surface area contributed by atoms with Crippen LogP contribution in [0.25, 0.3) is 0 Å². The zero-order chi connectivity index (χ0) is 99.6. The van der Waals surface area contributed by atoms with E-state index in [0.29, 0.717) is 58.0 Å². The summed E-state index contributed by atoms with van der Waals surface area (Å²) in [5.41, 5.74) is -11.0. The molecule has 4 heterocycles. The van der Waals surface area contributed by atoms with Crippen molar-refractivity contribution in [3.8, 4) is 0 Å². The Kier molecular flexibility index (Phi) is 31.7. The molecule has 0 spiro atoms. The molecule has 752 valence electrons. The molecular formula is C104H143FN2O28Si2. The summed E-state index contributed by atoms with van der Waals surface area (Å²) in [6.45, 7) is 48.0. The van der Waals surface area contributed by atoms with Crippen molar-refractivity contribution in [3.05, 3.63) is 191 Å². The number of amides is 2. The van der Waals surface area contributed by atoms with Gasteiger partial charge in [-0.15, -0.1) is 0 Å². The van der Waals surface area contributed by atoms with Gasteiger partial charge in [-0.25, -0.2) is 28.8 Å². The maximum Gasteiger partial charge on any atom is 0.408 e. The molecule has 4 aromatic carbocycles. The number of fused-ring (bicyclic) bond motifs is 16. The van der Waals surface area contributed by atoms with Crippen LogP contribution in [0.1, 0.15) is 222 Å². The van der Waals surface area contributed by atoms with Crippen LogP contribution in [0.5, 0.6) is 0 Å². The minimum absolute atomic E-state index is 0. The predicted octanol–water partition coefficient (Wildman–Crippen LogP) is 15.5. The predicted molar refractivity (Wildman–Crippen MR) is 507 cm³/mol. The van der Waals surface area contributed by atoms with Crippen molar-refractivity contribution in [1.29, 1.82) is 0 Å². The van der Waals surface area contributed by atoms with Crippen molar-refractivity contribution in [2.45, 2.75) is 358 Å². The van der Waals surface area contributed by atoms with Crippen molar-refractivity contribution in [2.75, 3.05) is 13.2 Å². The van der Waals surface area contributed by atoms with Crippen LogP contribution in [-0.4, -0.2) is 230 Å². The molecule has 4 aromatic rings. The van der Waals surface area contributed by atoms with Gasteiger partial charge in [0.25, 0.3) is 0 Å². The lowest BCUT2D eigenvalue weighted by molar-refractivity contribution is -0.361. The first-order valence-electron chi connectivity index (χ1n) is 48.0.